The molecule has 8 heteroatoms. The number of carbonyl (C=O) groups is 1. The first-order valence-electron chi connectivity index (χ1n) is 9.09. The summed E-state index contributed by atoms with van der Waals surface area (Å²) in [5.74, 6) is -0.462. The van der Waals surface area contributed by atoms with E-state index in [1.807, 2.05) is 19.1 Å². The molecule has 0 amide bonds. The average molecular weight is 421 g/mol. The number of methoxy groups -OCH3 is 1. The van der Waals surface area contributed by atoms with E-state index in [4.69, 9.17) is 9.84 Å². The third kappa shape index (κ3) is 3.66. The number of fused-ring (bicyclic) bond motifs is 1. The second-order valence-corrected chi connectivity index (χ2v) is 7.49. The van der Waals surface area contributed by atoms with Gasteiger partial charge in [-0.1, -0.05) is 36.4 Å². The molecule has 7 nitrogen and oxygen atoms in total. The summed E-state index contributed by atoms with van der Waals surface area (Å²) in [4.78, 5) is 15.7. The summed E-state index contributed by atoms with van der Waals surface area (Å²) in [7, 11) is 1.43. The van der Waals surface area contributed by atoms with E-state index in [0.29, 0.717) is 11.5 Å². The van der Waals surface area contributed by atoms with Crippen LogP contribution in [0.5, 0.6) is 5.75 Å². The summed E-state index contributed by atoms with van der Waals surface area (Å²) in [5.41, 5.74) is 5.39. The van der Waals surface area contributed by atoms with Gasteiger partial charge in [0.15, 0.2) is 5.82 Å². The van der Waals surface area contributed by atoms with Crippen LogP contribution in [0.15, 0.2) is 60.0 Å². The van der Waals surface area contributed by atoms with Gasteiger partial charge in [0.2, 0.25) is 0 Å². The predicted octanol–water partition coefficient (Wildman–Crippen LogP) is 5.20. The van der Waals surface area contributed by atoms with Gasteiger partial charge in [0.05, 0.1) is 18.4 Å². The van der Waals surface area contributed by atoms with Crippen molar-refractivity contribution in [2.75, 3.05) is 17.7 Å². The fourth-order valence-corrected chi connectivity index (χ4v) is 4.13. The van der Waals surface area contributed by atoms with Crippen molar-refractivity contribution in [3.8, 4) is 16.3 Å². The molecule has 0 aliphatic carbocycles. The molecule has 0 atom stereocenters. The quantitative estimate of drug-likeness (QED) is 0.368. The van der Waals surface area contributed by atoms with Crippen LogP contribution in [0.3, 0.4) is 0 Å². The number of aromatic carboxylic acids is 1. The van der Waals surface area contributed by atoms with Gasteiger partial charge >= 0.3 is 5.97 Å². The minimum Gasteiger partial charge on any atom is -0.494 e. The van der Waals surface area contributed by atoms with E-state index in [9.17, 15) is 10.0 Å². The van der Waals surface area contributed by atoms with Gasteiger partial charge in [0, 0.05) is 10.9 Å². The van der Waals surface area contributed by atoms with Gasteiger partial charge in [-0.3, -0.25) is 10.6 Å². The first-order chi connectivity index (χ1) is 14.5. The third-order valence-electron chi connectivity index (χ3n) is 4.74. The van der Waals surface area contributed by atoms with Gasteiger partial charge in [0.25, 0.3) is 0 Å². The van der Waals surface area contributed by atoms with Gasteiger partial charge in [-0.25, -0.2) is 9.78 Å². The van der Waals surface area contributed by atoms with E-state index in [1.165, 1.54) is 36.6 Å². The molecule has 3 aromatic carbocycles. The lowest BCUT2D eigenvalue weighted by atomic mass is 10.0. The molecule has 4 aromatic rings. The Labute approximate surface area is 176 Å². The largest absolute Gasteiger partial charge is 0.494 e. The summed E-state index contributed by atoms with van der Waals surface area (Å²) >= 11 is 1.43. The SMILES string of the molecule is COc1cc(C(=O)O)ccc1NN(O)c1csc(-c2c(C)ccc3ccccc23)n1. The standard InChI is InChI=1S/C22H19N3O4S/c1-13-7-8-14-5-3-4-6-16(14)20(13)21-23-19(12-30-21)25(28)24-17-10-9-15(22(26)27)11-18(17)29-2/h3-12,24,28H,1-2H3,(H,26,27). The zero-order valence-electron chi connectivity index (χ0n) is 16.3. The minimum absolute atomic E-state index is 0.0873. The number of aryl methyl sites for hydroxylation is 1. The zero-order valence-corrected chi connectivity index (χ0v) is 17.1. The molecule has 1 heterocycles. The monoisotopic (exact) mass is 421 g/mol. The highest BCUT2D eigenvalue weighted by molar-refractivity contribution is 7.13. The Bertz CT molecular complexity index is 1240. The Balaban J connectivity index is 1.64. The van der Waals surface area contributed by atoms with Crippen LogP contribution in [-0.4, -0.2) is 28.4 Å². The fraction of sp³-hybridized carbons (Fsp3) is 0.0909. The van der Waals surface area contributed by atoms with Crippen molar-refractivity contribution in [1.82, 2.24) is 4.98 Å². The van der Waals surface area contributed by atoms with Gasteiger partial charge < -0.3 is 9.84 Å². The maximum atomic E-state index is 11.1. The van der Waals surface area contributed by atoms with Gasteiger partial charge in [0.1, 0.15) is 10.8 Å². The number of carboxylic acids is 1. The molecule has 0 unspecified atom stereocenters. The van der Waals surface area contributed by atoms with Crippen LogP contribution in [0, 0.1) is 6.92 Å². The van der Waals surface area contributed by atoms with Crippen molar-refractivity contribution in [1.29, 1.82) is 0 Å². The number of anilines is 2. The minimum atomic E-state index is -1.06. The van der Waals surface area contributed by atoms with E-state index in [2.05, 4.69) is 34.7 Å². The third-order valence-corrected chi connectivity index (χ3v) is 5.58. The Morgan fingerprint density at radius 3 is 2.73 bits per heavy atom. The first kappa shape index (κ1) is 19.7. The molecular formula is C22H19N3O4S. The molecule has 0 aliphatic heterocycles. The summed E-state index contributed by atoms with van der Waals surface area (Å²) in [6, 6.07) is 16.6. The van der Waals surface area contributed by atoms with Crippen LogP contribution in [0.4, 0.5) is 11.5 Å². The van der Waals surface area contributed by atoms with Crippen LogP contribution >= 0.6 is 11.3 Å². The second-order valence-electron chi connectivity index (χ2n) is 6.63. The normalized spacial score (nSPS) is 10.8. The highest BCUT2D eigenvalue weighted by Gasteiger charge is 2.16. The Hall–Kier alpha value is -3.62. The molecule has 3 N–H and O–H groups in total. The van der Waals surface area contributed by atoms with Crippen molar-refractivity contribution in [3.05, 3.63) is 71.1 Å². The van der Waals surface area contributed by atoms with E-state index in [0.717, 1.165) is 32.1 Å². The molecule has 0 radical (unpaired) electrons. The number of aromatic nitrogens is 1. The molecule has 1 aromatic heterocycles. The van der Waals surface area contributed by atoms with Crippen LogP contribution in [0.2, 0.25) is 0 Å². The number of carboxylic acid groups (broad SMARTS) is 1. The maximum Gasteiger partial charge on any atom is 0.335 e. The van der Waals surface area contributed by atoms with Crippen LogP contribution in [0.25, 0.3) is 21.3 Å². The summed E-state index contributed by atoms with van der Waals surface area (Å²) < 4.78 is 5.23. The predicted molar refractivity (Wildman–Crippen MR) is 118 cm³/mol. The van der Waals surface area contributed by atoms with Crippen LogP contribution < -0.4 is 15.3 Å². The molecule has 0 saturated heterocycles. The lowest BCUT2D eigenvalue weighted by Gasteiger charge is -2.18. The van der Waals surface area contributed by atoms with Crippen molar-refractivity contribution in [2.24, 2.45) is 0 Å². The van der Waals surface area contributed by atoms with Gasteiger partial charge in [-0.2, -0.15) is 0 Å². The number of thiazole rings is 1. The topological polar surface area (TPSA) is 94.9 Å². The zero-order chi connectivity index (χ0) is 21.3. The van der Waals surface area contributed by atoms with E-state index in [1.54, 1.807) is 5.38 Å². The number of nitrogens with zero attached hydrogens (tertiary/aromatic N) is 2. The summed E-state index contributed by atoms with van der Waals surface area (Å²) in [5, 5.41) is 25.2. The molecular weight excluding hydrogens is 402 g/mol. The van der Waals surface area contributed by atoms with E-state index >= 15 is 0 Å². The summed E-state index contributed by atoms with van der Waals surface area (Å²) in [6.07, 6.45) is 0. The molecule has 0 aliphatic rings. The Kier molecular flexibility index (Phi) is 5.26. The average Bonchev–Trinajstić information content (AvgIpc) is 3.23. The van der Waals surface area contributed by atoms with Gasteiger partial charge in [-0.05, 0) is 41.5 Å². The highest BCUT2D eigenvalue weighted by atomic mass is 32.1. The lowest BCUT2D eigenvalue weighted by molar-refractivity contribution is 0.0696. The number of hydrogen-bond acceptors (Lipinski definition) is 7. The number of hydrazine groups is 1. The molecule has 30 heavy (non-hydrogen) atoms. The maximum absolute atomic E-state index is 11.1. The first-order valence-corrected chi connectivity index (χ1v) is 9.97. The van der Waals surface area contributed by atoms with Crippen LogP contribution in [0.1, 0.15) is 15.9 Å². The molecule has 0 fully saturated rings. The molecule has 0 saturated carbocycles. The molecule has 4 rings (SSSR count). The van der Waals surface area contributed by atoms with Crippen LogP contribution in [-0.2, 0) is 0 Å². The van der Waals surface area contributed by atoms with Crippen molar-refractivity contribution < 1.29 is 19.8 Å². The Morgan fingerprint density at radius 2 is 1.97 bits per heavy atom. The number of ether oxygens (including phenoxy) is 1. The van der Waals surface area contributed by atoms with E-state index < -0.39 is 5.97 Å². The van der Waals surface area contributed by atoms with E-state index in [-0.39, 0.29) is 11.3 Å². The Morgan fingerprint density at radius 1 is 1.17 bits per heavy atom. The molecule has 0 bridgehead atoms. The van der Waals surface area contributed by atoms with Crippen molar-refractivity contribution in [2.45, 2.75) is 6.92 Å². The number of hydrogen-bond donors (Lipinski definition) is 3. The van der Waals surface area contributed by atoms with Crippen molar-refractivity contribution in [3.63, 3.8) is 0 Å². The molecule has 0 spiro atoms. The second kappa shape index (κ2) is 8.02. The fourth-order valence-electron chi connectivity index (χ4n) is 3.23. The molecule has 152 valence electrons. The lowest BCUT2D eigenvalue weighted by Crippen LogP contribution is -2.26. The number of rotatable bonds is 6. The summed E-state index contributed by atoms with van der Waals surface area (Å²) in [6.45, 7) is 2.03. The highest BCUT2D eigenvalue weighted by Crippen LogP contribution is 2.36. The smallest absolute Gasteiger partial charge is 0.335 e. The number of benzene rings is 3. The van der Waals surface area contributed by atoms with Gasteiger partial charge in [-0.15, -0.1) is 16.5 Å². The number of nitrogens with one attached hydrogen (secondary N) is 1. The van der Waals surface area contributed by atoms with Crippen molar-refractivity contribution >= 4 is 39.6 Å².